The second-order valence-corrected chi connectivity index (χ2v) is 5.84. The fraction of sp³-hybridized carbons (Fsp3) is 0.0714. The average Bonchev–Trinajstić information content (AvgIpc) is 2.90. The van der Waals surface area contributed by atoms with Crippen molar-refractivity contribution in [1.82, 2.24) is 0 Å². The van der Waals surface area contributed by atoms with Crippen LogP contribution < -0.4 is 10.5 Å². The van der Waals surface area contributed by atoms with E-state index in [0.29, 0.717) is 17.0 Å². The predicted molar refractivity (Wildman–Crippen MR) is 78.9 cm³/mol. The van der Waals surface area contributed by atoms with E-state index in [1.54, 1.807) is 25.1 Å². The van der Waals surface area contributed by atoms with Crippen LogP contribution in [0.5, 0.6) is 0 Å². The highest BCUT2D eigenvalue weighted by Gasteiger charge is 2.14. The summed E-state index contributed by atoms with van der Waals surface area (Å²) in [6.45, 7) is 1.58. The fourth-order valence-electron chi connectivity index (χ4n) is 1.78. The Morgan fingerprint density at radius 3 is 2.67 bits per heavy atom. The van der Waals surface area contributed by atoms with Crippen molar-refractivity contribution >= 4 is 27.7 Å². The van der Waals surface area contributed by atoms with Crippen molar-refractivity contribution in [1.29, 1.82) is 0 Å². The molecule has 0 saturated carbocycles. The van der Waals surface area contributed by atoms with Gasteiger partial charge in [0.05, 0.1) is 11.2 Å². The Hall–Kier alpha value is -2.38. The Balaban J connectivity index is 2.19. The Morgan fingerprint density at radius 2 is 2.05 bits per heavy atom. The van der Waals surface area contributed by atoms with Crippen molar-refractivity contribution < 1.29 is 17.6 Å². The molecule has 7 heteroatoms. The first-order valence-electron chi connectivity index (χ1n) is 6.03. The molecule has 1 amide bonds. The van der Waals surface area contributed by atoms with E-state index in [-0.39, 0.29) is 4.90 Å². The number of rotatable bonds is 4. The van der Waals surface area contributed by atoms with Crippen molar-refractivity contribution in [2.45, 2.75) is 11.8 Å². The van der Waals surface area contributed by atoms with Gasteiger partial charge in [-0.05, 0) is 42.8 Å². The van der Waals surface area contributed by atoms with Crippen LogP contribution in [0.2, 0.25) is 0 Å². The quantitative estimate of drug-likeness (QED) is 0.842. The number of hydrogen-bond acceptors (Lipinski definition) is 4. The zero-order valence-corrected chi connectivity index (χ0v) is 12.1. The Morgan fingerprint density at radius 1 is 1.29 bits per heavy atom. The number of nitrogens with one attached hydrogen (secondary N) is 1. The van der Waals surface area contributed by atoms with Gasteiger partial charge in [0.2, 0.25) is 15.9 Å². The molecule has 0 saturated heterocycles. The molecule has 0 aliphatic heterocycles. The molecule has 2 rings (SSSR count). The van der Waals surface area contributed by atoms with E-state index in [2.05, 4.69) is 5.32 Å². The Bertz CT molecular complexity index is 777. The molecule has 0 radical (unpaired) electrons. The fourth-order valence-corrected chi connectivity index (χ4v) is 2.58. The molecule has 0 unspecified atom stereocenters. The third kappa shape index (κ3) is 3.80. The summed E-state index contributed by atoms with van der Waals surface area (Å²) in [5.41, 5.74) is 0.773. The van der Waals surface area contributed by atoms with E-state index in [1.807, 2.05) is 0 Å². The van der Waals surface area contributed by atoms with Crippen molar-refractivity contribution in [2.75, 3.05) is 5.32 Å². The lowest BCUT2D eigenvalue weighted by Gasteiger charge is -2.09. The molecule has 1 aromatic heterocycles. The number of carbonyl (C=O) groups is 1. The summed E-state index contributed by atoms with van der Waals surface area (Å²) in [5.74, 6) is 0.140. The van der Waals surface area contributed by atoms with Gasteiger partial charge in [0, 0.05) is 11.8 Å². The number of anilines is 1. The van der Waals surface area contributed by atoms with Crippen LogP contribution in [0.3, 0.4) is 0 Å². The molecule has 21 heavy (non-hydrogen) atoms. The molecule has 1 heterocycles. The van der Waals surface area contributed by atoms with E-state index in [4.69, 9.17) is 9.56 Å². The first-order chi connectivity index (χ1) is 9.88. The molecule has 0 aliphatic rings. The summed E-state index contributed by atoms with van der Waals surface area (Å²) in [7, 11) is -3.82. The van der Waals surface area contributed by atoms with E-state index >= 15 is 0 Å². The van der Waals surface area contributed by atoms with Gasteiger partial charge in [0.1, 0.15) is 5.76 Å². The maximum Gasteiger partial charge on any atom is 0.248 e. The van der Waals surface area contributed by atoms with Gasteiger partial charge in [0.15, 0.2) is 0 Å². The van der Waals surface area contributed by atoms with Gasteiger partial charge in [-0.3, -0.25) is 4.79 Å². The second-order valence-electron chi connectivity index (χ2n) is 4.31. The maximum atomic E-state index is 11.8. The largest absolute Gasteiger partial charge is 0.465 e. The molecule has 0 bridgehead atoms. The third-order valence-electron chi connectivity index (χ3n) is 2.79. The smallest absolute Gasteiger partial charge is 0.248 e. The summed E-state index contributed by atoms with van der Waals surface area (Å²) in [6.07, 6.45) is 4.30. The first kappa shape index (κ1) is 15.0. The minimum Gasteiger partial charge on any atom is -0.465 e. The molecule has 110 valence electrons. The molecular formula is C14H14N2O4S. The van der Waals surface area contributed by atoms with Gasteiger partial charge in [-0.15, -0.1) is 0 Å². The lowest BCUT2D eigenvalue weighted by Crippen LogP contribution is -2.16. The minimum absolute atomic E-state index is 0.0182. The van der Waals surface area contributed by atoms with E-state index < -0.39 is 15.9 Å². The summed E-state index contributed by atoms with van der Waals surface area (Å²) < 4.78 is 27.9. The number of nitrogens with two attached hydrogens (primary N) is 1. The third-order valence-corrected chi connectivity index (χ3v) is 3.85. The number of benzene rings is 1. The number of furan rings is 1. The Kier molecular flexibility index (Phi) is 4.25. The van der Waals surface area contributed by atoms with Crippen LogP contribution in [-0.2, 0) is 14.8 Å². The van der Waals surface area contributed by atoms with Gasteiger partial charge in [-0.1, -0.05) is 6.07 Å². The van der Waals surface area contributed by atoms with Gasteiger partial charge >= 0.3 is 0 Å². The molecule has 2 aromatic rings. The number of carbonyl (C=O) groups excluding carboxylic acids is 1. The topological polar surface area (TPSA) is 102 Å². The molecule has 0 aliphatic carbocycles. The minimum atomic E-state index is -3.82. The van der Waals surface area contributed by atoms with Crippen molar-refractivity contribution in [3.8, 4) is 0 Å². The van der Waals surface area contributed by atoms with E-state index in [9.17, 15) is 13.2 Å². The number of sulfonamides is 1. The Labute approximate surface area is 122 Å². The number of primary sulfonamides is 1. The molecule has 0 atom stereocenters. The molecular weight excluding hydrogens is 292 g/mol. The lowest BCUT2D eigenvalue weighted by molar-refractivity contribution is -0.111. The highest BCUT2D eigenvalue weighted by atomic mass is 32.2. The summed E-state index contributed by atoms with van der Waals surface area (Å²) in [4.78, 5) is 11.8. The summed E-state index contributed by atoms with van der Waals surface area (Å²) in [5, 5.41) is 7.71. The molecule has 0 fully saturated rings. The van der Waals surface area contributed by atoms with Crippen LogP contribution in [0.4, 0.5) is 5.69 Å². The van der Waals surface area contributed by atoms with Gasteiger partial charge in [-0.2, -0.15) is 0 Å². The molecule has 1 aromatic carbocycles. The SMILES string of the molecule is Cc1c(NC(=O)/C=C/c2ccco2)cccc1S(N)(=O)=O. The van der Waals surface area contributed by atoms with E-state index in [0.717, 1.165) is 0 Å². The summed E-state index contributed by atoms with van der Waals surface area (Å²) in [6, 6.07) is 7.91. The van der Waals surface area contributed by atoms with Crippen LogP contribution in [0.25, 0.3) is 6.08 Å². The summed E-state index contributed by atoms with van der Waals surface area (Å²) >= 11 is 0. The predicted octanol–water partition coefficient (Wildman–Crippen LogP) is 1.89. The highest BCUT2D eigenvalue weighted by molar-refractivity contribution is 7.89. The molecule has 0 spiro atoms. The second kappa shape index (κ2) is 5.94. The van der Waals surface area contributed by atoms with Crippen LogP contribution in [0, 0.1) is 6.92 Å². The lowest BCUT2D eigenvalue weighted by atomic mass is 10.2. The van der Waals surface area contributed by atoms with Crippen LogP contribution in [0.1, 0.15) is 11.3 Å². The van der Waals surface area contributed by atoms with Crippen molar-refractivity contribution in [2.24, 2.45) is 5.14 Å². The van der Waals surface area contributed by atoms with Gasteiger partial charge in [0.25, 0.3) is 0 Å². The first-order valence-corrected chi connectivity index (χ1v) is 7.57. The van der Waals surface area contributed by atoms with Crippen LogP contribution in [0.15, 0.2) is 52.0 Å². The normalized spacial score (nSPS) is 11.7. The average molecular weight is 306 g/mol. The number of amides is 1. The van der Waals surface area contributed by atoms with Gasteiger partial charge < -0.3 is 9.73 Å². The molecule has 6 nitrogen and oxygen atoms in total. The monoisotopic (exact) mass is 306 g/mol. The standard InChI is InChI=1S/C14H14N2O4S/c1-10-12(5-2-6-13(10)21(15,18)19)16-14(17)8-7-11-4-3-9-20-11/h2-9H,1H3,(H,16,17)(H2,15,18,19)/b8-7+. The van der Waals surface area contributed by atoms with Crippen LogP contribution >= 0.6 is 0 Å². The molecule has 3 N–H and O–H groups in total. The zero-order chi connectivity index (χ0) is 15.5. The maximum absolute atomic E-state index is 11.8. The highest BCUT2D eigenvalue weighted by Crippen LogP contribution is 2.22. The van der Waals surface area contributed by atoms with Crippen molar-refractivity contribution in [3.05, 3.63) is 54.0 Å². The van der Waals surface area contributed by atoms with Gasteiger partial charge in [-0.25, -0.2) is 13.6 Å². The van der Waals surface area contributed by atoms with Crippen molar-refractivity contribution in [3.63, 3.8) is 0 Å². The zero-order valence-electron chi connectivity index (χ0n) is 11.2. The van der Waals surface area contributed by atoms with Crippen LogP contribution in [-0.4, -0.2) is 14.3 Å². The van der Waals surface area contributed by atoms with E-state index in [1.165, 1.54) is 30.5 Å². The number of hydrogen-bond donors (Lipinski definition) is 2.